The summed E-state index contributed by atoms with van der Waals surface area (Å²) in [6.07, 6.45) is 3.84. The van der Waals surface area contributed by atoms with Crippen LogP contribution in [0, 0.1) is 0 Å². The summed E-state index contributed by atoms with van der Waals surface area (Å²) >= 11 is 5.98. The summed E-state index contributed by atoms with van der Waals surface area (Å²) < 4.78 is 5.79. The average Bonchev–Trinajstić information content (AvgIpc) is 2.72. The average molecular weight is 397 g/mol. The number of hydrogen-bond acceptors (Lipinski definition) is 4. The molecule has 0 radical (unpaired) electrons. The summed E-state index contributed by atoms with van der Waals surface area (Å²) in [6.45, 7) is 3.10. The third-order valence-electron chi connectivity index (χ3n) is 4.49. The zero-order chi connectivity index (χ0) is 19.8. The first-order valence-corrected chi connectivity index (χ1v) is 9.75. The van der Waals surface area contributed by atoms with Gasteiger partial charge >= 0.3 is 0 Å². The third kappa shape index (κ3) is 6.34. The molecule has 0 saturated heterocycles. The molecule has 146 valence electrons. The van der Waals surface area contributed by atoms with Crippen molar-refractivity contribution in [2.45, 2.75) is 32.1 Å². The number of aliphatic hydroxyl groups excluding tert-OH is 1. The Morgan fingerprint density at radius 1 is 1.07 bits per heavy atom. The first-order valence-electron chi connectivity index (χ1n) is 9.37. The van der Waals surface area contributed by atoms with Crippen molar-refractivity contribution in [1.29, 1.82) is 0 Å². The van der Waals surface area contributed by atoms with Gasteiger partial charge in [-0.05, 0) is 54.8 Å². The van der Waals surface area contributed by atoms with E-state index < -0.39 is 6.10 Å². The molecule has 5 heteroatoms. The van der Waals surface area contributed by atoms with Crippen LogP contribution in [-0.4, -0.2) is 22.7 Å². The number of aromatic nitrogens is 1. The second-order valence-electron chi connectivity index (χ2n) is 6.88. The standard InChI is InChI=1S/C23H25ClN2O2/c1-17(26-15-23(27)20-5-2-6-21(24)13-20)12-18-7-9-22(10-8-18)28-16-19-4-3-11-25-14-19/h2-11,13-14,17,23,26-27H,12,15-16H2,1H3. The first kappa shape index (κ1) is 20.3. The van der Waals surface area contributed by atoms with Gasteiger partial charge in [-0.1, -0.05) is 41.9 Å². The molecule has 2 atom stereocenters. The maximum Gasteiger partial charge on any atom is 0.119 e. The summed E-state index contributed by atoms with van der Waals surface area (Å²) in [4.78, 5) is 4.09. The van der Waals surface area contributed by atoms with Crippen LogP contribution in [0.5, 0.6) is 5.75 Å². The molecule has 0 fully saturated rings. The highest BCUT2D eigenvalue weighted by Crippen LogP contribution is 2.18. The minimum atomic E-state index is -0.579. The van der Waals surface area contributed by atoms with Gasteiger partial charge in [0.1, 0.15) is 12.4 Å². The first-order chi connectivity index (χ1) is 13.6. The number of nitrogens with one attached hydrogen (secondary N) is 1. The van der Waals surface area contributed by atoms with E-state index in [0.717, 1.165) is 23.3 Å². The maximum atomic E-state index is 10.3. The number of ether oxygens (including phenoxy) is 1. The van der Waals surface area contributed by atoms with E-state index in [9.17, 15) is 5.11 Å². The lowest BCUT2D eigenvalue weighted by Gasteiger charge is -2.18. The Balaban J connectivity index is 1.44. The predicted molar refractivity (Wildman–Crippen MR) is 113 cm³/mol. The molecule has 1 heterocycles. The van der Waals surface area contributed by atoms with Gasteiger partial charge in [-0.2, -0.15) is 0 Å². The normalized spacial score (nSPS) is 13.1. The predicted octanol–water partition coefficient (Wildman–Crippen LogP) is 4.57. The monoisotopic (exact) mass is 396 g/mol. The van der Waals surface area contributed by atoms with Crippen molar-refractivity contribution in [2.75, 3.05) is 6.54 Å². The van der Waals surface area contributed by atoms with E-state index in [1.807, 2.05) is 36.4 Å². The van der Waals surface area contributed by atoms with E-state index >= 15 is 0 Å². The smallest absolute Gasteiger partial charge is 0.119 e. The Kier molecular flexibility index (Phi) is 7.43. The number of benzene rings is 2. The fraction of sp³-hybridized carbons (Fsp3) is 0.261. The minimum Gasteiger partial charge on any atom is -0.489 e. The molecule has 3 rings (SSSR count). The van der Waals surface area contributed by atoms with Gasteiger partial charge in [0.15, 0.2) is 0 Å². The van der Waals surface area contributed by atoms with Crippen molar-refractivity contribution in [3.63, 3.8) is 0 Å². The molecule has 0 bridgehead atoms. The van der Waals surface area contributed by atoms with E-state index in [1.54, 1.807) is 24.5 Å². The Morgan fingerprint density at radius 2 is 1.89 bits per heavy atom. The number of rotatable bonds is 9. The minimum absolute atomic E-state index is 0.232. The molecular formula is C23H25ClN2O2. The van der Waals surface area contributed by atoms with E-state index in [-0.39, 0.29) is 6.04 Å². The van der Waals surface area contributed by atoms with Gasteiger partial charge in [0, 0.05) is 35.6 Å². The van der Waals surface area contributed by atoms with Crippen molar-refractivity contribution in [3.8, 4) is 5.75 Å². The lowest BCUT2D eigenvalue weighted by molar-refractivity contribution is 0.170. The molecule has 0 spiro atoms. The fourth-order valence-corrected chi connectivity index (χ4v) is 3.14. The van der Waals surface area contributed by atoms with Gasteiger partial charge in [-0.3, -0.25) is 4.98 Å². The van der Waals surface area contributed by atoms with Gasteiger partial charge in [0.25, 0.3) is 0 Å². The summed E-state index contributed by atoms with van der Waals surface area (Å²) in [6, 6.07) is 19.6. The van der Waals surface area contributed by atoms with Crippen LogP contribution in [0.1, 0.15) is 29.7 Å². The Labute approximate surface area is 171 Å². The van der Waals surface area contributed by atoms with Crippen LogP contribution in [0.2, 0.25) is 5.02 Å². The van der Waals surface area contributed by atoms with Crippen LogP contribution in [-0.2, 0) is 13.0 Å². The van der Waals surface area contributed by atoms with Crippen LogP contribution in [0.15, 0.2) is 73.1 Å². The molecule has 4 nitrogen and oxygen atoms in total. The molecule has 2 aromatic carbocycles. The van der Waals surface area contributed by atoms with Gasteiger partial charge in [0.2, 0.25) is 0 Å². The van der Waals surface area contributed by atoms with Crippen LogP contribution in [0.3, 0.4) is 0 Å². The molecular weight excluding hydrogens is 372 g/mol. The highest BCUT2D eigenvalue weighted by atomic mass is 35.5. The molecule has 0 aliphatic heterocycles. The second kappa shape index (κ2) is 10.2. The van der Waals surface area contributed by atoms with Crippen molar-refractivity contribution < 1.29 is 9.84 Å². The molecule has 0 aliphatic carbocycles. The molecule has 0 amide bonds. The molecule has 3 aromatic rings. The summed E-state index contributed by atoms with van der Waals surface area (Å²) in [5.41, 5.74) is 3.08. The molecule has 1 aromatic heterocycles. The van der Waals surface area contributed by atoms with Crippen molar-refractivity contribution in [3.05, 3.63) is 94.8 Å². The third-order valence-corrected chi connectivity index (χ3v) is 4.72. The lowest BCUT2D eigenvalue weighted by atomic mass is 10.1. The van der Waals surface area contributed by atoms with Gasteiger partial charge in [0.05, 0.1) is 6.10 Å². The molecule has 28 heavy (non-hydrogen) atoms. The van der Waals surface area contributed by atoms with Gasteiger partial charge in [-0.25, -0.2) is 0 Å². The van der Waals surface area contributed by atoms with E-state index in [0.29, 0.717) is 18.2 Å². The number of nitrogens with zero attached hydrogens (tertiary/aromatic N) is 1. The van der Waals surface area contributed by atoms with Crippen LogP contribution >= 0.6 is 11.6 Å². The fourth-order valence-electron chi connectivity index (χ4n) is 2.94. The second-order valence-corrected chi connectivity index (χ2v) is 7.31. The topological polar surface area (TPSA) is 54.4 Å². The Hall–Kier alpha value is -2.40. The zero-order valence-corrected chi connectivity index (χ0v) is 16.6. The van der Waals surface area contributed by atoms with E-state index in [1.165, 1.54) is 5.56 Å². The lowest BCUT2D eigenvalue weighted by Crippen LogP contribution is -2.32. The number of halogens is 1. The molecule has 0 saturated carbocycles. The van der Waals surface area contributed by atoms with Crippen molar-refractivity contribution in [2.24, 2.45) is 0 Å². The highest BCUT2D eigenvalue weighted by molar-refractivity contribution is 6.30. The zero-order valence-electron chi connectivity index (χ0n) is 15.9. The maximum absolute atomic E-state index is 10.3. The van der Waals surface area contributed by atoms with E-state index in [2.05, 4.69) is 29.4 Å². The molecule has 2 unspecified atom stereocenters. The SMILES string of the molecule is CC(Cc1ccc(OCc2cccnc2)cc1)NCC(O)c1cccc(Cl)c1. The van der Waals surface area contributed by atoms with Crippen LogP contribution in [0.25, 0.3) is 0 Å². The van der Waals surface area contributed by atoms with Crippen LogP contribution in [0.4, 0.5) is 0 Å². The molecule has 0 aliphatic rings. The number of pyridine rings is 1. The largest absolute Gasteiger partial charge is 0.489 e. The number of aliphatic hydroxyl groups is 1. The summed E-state index contributed by atoms with van der Waals surface area (Å²) in [5, 5.41) is 14.3. The Morgan fingerprint density at radius 3 is 2.61 bits per heavy atom. The molecule has 2 N–H and O–H groups in total. The quantitative estimate of drug-likeness (QED) is 0.556. The number of hydrogen-bond donors (Lipinski definition) is 2. The summed E-state index contributed by atoms with van der Waals surface area (Å²) in [7, 11) is 0. The highest BCUT2D eigenvalue weighted by Gasteiger charge is 2.10. The Bertz CT molecular complexity index is 856. The van der Waals surface area contributed by atoms with E-state index in [4.69, 9.17) is 16.3 Å². The van der Waals surface area contributed by atoms with Crippen LogP contribution < -0.4 is 10.1 Å². The van der Waals surface area contributed by atoms with Gasteiger partial charge < -0.3 is 15.2 Å². The van der Waals surface area contributed by atoms with Gasteiger partial charge in [-0.15, -0.1) is 0 Å². The van der Waals surface area contributed by atoms with Crippen molar-refractivity contribution in [1.82, 2.24) is 10.3 Å². The summed E-state index contributed by atoms with van der Waals surface area (Å²) in [5.74, 6) is 0.838. The van der Waals surface area contributed by atoms with Crippen molar-refractivity contribution >= 4 is 11.6 Å².